The summed E-state index contributed by atoms with van der Waals surface area (Å²) in [7, 11) is 0. The van der Waals surface area contributed by atoms with Crippen LogP contribution in [0, 0.1) is 0 Å². The van der Waals surface area contributed by atoms with Crippen molar-refractivity contribution in [1.29, 1.82) is 0 Å². The molecule has 91 heavy (non-hydrogen) atoms. The summed E-state index contributed by atoms with van der Waals surface area (Å²) in [5, 5.41) is 12.1. The second-order valence-corrected chi connectivity index (χ2v) is 23.8. The molecule has 0 aliphatic heterocycles. The topological polar surface area (TPSA) is 30.7 Å². The molecular formula is C88H59N3. The highest BCUT2D eigenvalue weighted by Crippen LogP contribution is 2.48. The van der Waals surface area contributed by atoms with Crippen LogP contribution in [0.1, 0.15) is 12.7 Å². The van der Waals surface area contributed by atoms with E-state index in [0.717, 1.165) is 56.7 Å². The van der Waals surface area contributed by atoms with Gasteiger partial charge in [-0.25, -0.2) is 4.98 Å². The summed E-state index contributed by atoms with van der Waals surface area (Å²) < 4.78 is 2.30. The van der Waals surface area contributed by atoms with Crippen molar-refractivity contribution in [2.45, 2.75) is 13.3 Å². The number of hydrogen-bond donors (Lipinski definition) is 0. The number of benzene rings is 15. The second kappa shape index (κ2) is 22.4. The van der Waals surface area contributed by atoms with E-state index in [0.29, 0.717) is 0 Å². The number of aromatic nitrogens is 3. The van der Waals surface area contributed by atoms with Gasteiger partial charge in [-0.15, -0.1) is 0 Å². The van der Waals surface area contributed by atoms with Crippen molar-refractivity contribution < 1.29 is 0 Å². The predicted molar refractivity (Wildman–Crippen MR) is 385 cm³/mol. The van der Waals surface area contributed by atoms with Crippen LogP contribution in [-0.2, 0) is 6.42 Å². The molecule has 15 aromatic carbocycles. The van der Waals surface area contributed by atoms with Crippen molar-refractivity contribution in [1.82, 2.24) is 14.5 Å². The molecule has 0 atom stereocenters. The number of aryl methyl sites for hydroxylation is 1. The molecule has 2 heterocycles. The minimum absolute atomic E-state index is 0.831. The fourth-order valence-corrected chi connectivity index (χ4v) is 14.3. The average molecular weight is 1160 g/mol. The summed E-state index contributed by atoms with van der Waals surface area (Å²) in [6.45, 7) is 2.18. The molecule has 0 aliphatic rings. The quantitative estimate of drug-likeness (QED) is 0.121. The molecule has 0 spiro atoms. The third-order valence-electron chi connectivity index (χ3n) is 18.6. The van der Waals surface area contributed by atoms with Gasteiger partial charge >= 0.3 is 0 Å². The monoisotopic (exact) mass is 1160 g/mol. The number of para-hydroxylation sites is 1. The SMILES string of the molecule is CCc1nc2cc(-c3ccc4c(-c5ccc(-c6ccc(-c7ccc(-c8c9ccccc9c(-c9ccccc9)c9ccc(-c%10nccc%11ccccc%10%11)cc89)cc7)cc6)cc5)c5ccccc5c(-c5ccc(-c6ccccc6)cc5)c4c3)ccc2n1-c1ccccc1. The molecule has 3 nitrogen and oxygen atoms in total. The summed E-state index contributed by atoms with van der Waals surface area (Å²) in [6.07, 6.45) is 2.76. The fourth-order valence-electron chi connectivity index (χ4n) is 14.3. The van der Waals surface area contributed by atoms with Crippen molar-refractivity contribution in [3.05, 3.63) is 334 Å². The predicted octanol–water partition coefficient (Wildman–Crippen LogP) is 23.8. The number of fused-ring (bicyclic) bond motifs is 6. The lowest BCUT2D eigenvalue weighted by atomic mass is 9.84. The third-order valence-corrected chi connectivity index (χ3v) is 18.6. The molecule has 0 unspecified atom stereocenters. The van der Waals surface area contributed by atoms with Gasteiger partial charge in [-0.1, -0.05) is 286 Å². The Morgan fingerprint density at radius 3 is 1.10 bits per heavy atom. The van der Waals surface area contributed by atoms with Gasteiger partial charge in [0.15, 0.2) is 0 Å². The van der Waals surface area contributed by atoms with Crippen LogP contribution in [0.4, 0.5) is 0 Å². The van der Waals surface area contributed by atoms with Gasteiger partial charge in [0.2, 0.25) is 0 Å². The van der Waals surface area contributed by atoms with Crippen LogP contribution in [0.25, 0.3) is 171 Å². The minimum Gasteiger partial charge on any atom is -0.296 e. The maximum Gasteiger partial charge on any atom is 0.114 e. The molecule has 0 amide bonds. The Morgan fingerprint density at radius 1 is 0.264 bits per heavy atom. The van der Waals surface area contributed by atoms with E-state index in [2.05, 4.69) is 333 Å². The normalized spacial score (nSPS) is 11.6. The first-order valence-corrected chi connectivity index (χ1v) is 31.5. The third kappa shape index (κ3) is 9.37. The van der Waals surface area contributed by atoms with Crippen LogP contribution >= 0.6 is 0 Å². The van der Waals surface area contributed by atoms with E-state index in [9.17, 15) is 0 Å². The lowest BCUT2D eigenvalue weighted by Gasteiger charge is -2.19. The number of pyridine rings is 1. The molecule has 0 fully saturated rings. The van der Waals surface area contributed by atoms with E-state index < -0.39 is 0 Å². The van der Waals surface area contributed by atoms with Crippen molar-refractivity contribution in [3.8, 4) is 106 Å². The van der Waals surface area contributed by atoms with Crippen LogP contribution < -0.4 is 0 Å². The zero-order valence-electron chi connectivity index (χ0n) is 50.2. The van der Waals surface area contributed by atoms with Crippen molar-refractivity contribution in [3.63, 3.8) is 0 Å². The van der Waals surface area contributed by atoms with E-state index in [4.69, 9.17) is 9.97 Å². The lowest BCUT2D eigenvalue weighted by molar-refractivity contribution is 0.908. The molecule has 0 saturated carbocycles. The molecule has 0 N–H and O–H groups in total. The highest BCUT2D eigenvalue weighted by atomic mass is 15.1. The Morgan fingerprint density at radius 2 is 0.604 bits per heavy atom. The van der Waals surface area contributed by atoms with Crippen LogP contribution in [0.3, 0.4) is 0 Å². The van der Waals surface area contributed by atoms with Gasteiger partial charge in [0.25, 0.3) is 0 Å². The van der Waals surface area contributed by atoms with E-state index >= 15 is 0 Å². The molecule has 426 valence electrons. The molecule has 2 aromatic heterocycles. The van der Waals surface area contributed by atoms with Gasteiger partial charge < -0.3 is 0 Å². The molecule has 17 rings (SSSR count). The Kier molecular flexibility index (Phi) is 13.2. The molecule has 0 radical (unpaired) electrons. The maximum atomic E-state index is 5.21. The molecule has 0 bridgehead atoms. The largest absolute Gasteiger partial charge is 0.296 e. The Hall–Kier alpha value is -11.8. The molecular weight excluding hydrogens is 1100 g/mol. The zero-order chi connectivity index (χ0) is 60.4. The average Bonchev–Trinajstić information content (AvgIpc) is 1.27. The summed E-state index contributed by atoms with van der Waals surface area (Å²) in [5.41, 5.74) is 24.4. The van der Waals surface area contributed by atoms with E-state index in [1.807, 2.05) is 6.20 Å². The van der Waals surface area contributed by atoms with Crippen LogP contribution in [0.2, 0.25) is 0 Å². The summed E-state index contributed by atoms with van der Waals surface area (Å²) in [6, 6.07) is 118. The minimum atomic E-state index is 0.831. The van der Waals surface area contributed by atoms with Gasteiger partial charge in [0.1, 0.15) is 5.82 Å². The van der Waals surface area contributed by atoms with E-state index in [1.54, 1.807) is 0 Å². The van der Waals surface area contributed by atoms with Crippen LogP contribution in [0.5, 0.6) is 0 Å². The van der Waals surface area contributed by atoms with Crippen molar-refractivity contribution >= 4 is 64.9 Å². The van der Waals surface area contributed by atoms with Gasteiger partial charge in [-0.3, -0.25) is 9.55 Å². The standard InChI is InChI=1S/C88H59N3/c1-2-83-90-81-56-69(48-51-82(81)91(83)71-23-10-5-11-24-71)68-46-49-77-79(54-68)86(66-42-34-58(35-43-66)57-18-6-3-7-19-57)76-29-17-15-27-74(76)85(77)65-40-36-61(37-41-65)59-30-32-60(33-31-59)62-38-44-67(45-39-62)87-75-28-16-14-26-73(75)84(64-21-8-4-9-22-64)78-50-47-70(55-80(78)87)88-72-25-13-12-20-63(72)52-53-89-88/h3-56H,2H2,1H3. The highest BCUT2D eigenvalue weighted by molar-refractivity contribution is 6.24. The van der Waals surface area contributed by atoms with Crippen LogP contribution in [0.15, 0.2) is 328 Å². The van der Waals surface area contributed by atoms with Crippen LogP contribution in [-0.4, -0.2) is 14.5 Å². The Balaban J connectivity index is 0.727. The van der Waals surface area contributed by atoms with Gasteiger partial charge in [-0.05, 0) is 180 Å². The number of imidazole rings is 1. The molecule has 0 saturated heterocycles. The van der Waals surface area contributed by atoms with E-state index in [-0.39, 0.29) is 0 Å². The summed E-state index contributed by atoms with van der Waals surface area (Å²) >= 11 is 0. The fraction of sp³-hybridized carbons (Fsp3) is 0.0227. The van der Waals surface area contributed by atoms with Gasteiger partial charge in [-0.2, -0.15) is 0 Å². The van der Waals surface area contributed by atoms with Gasteiger partial charge in [0.05, 0.1) is 16.7 Å². The first-order valence-electron chi connectivity index (χ1n) is 31.5. The summed E-state index contributed by atoms with van der Waals surface area (Å²) in [5.74, 6) is 1.05. The first kappa shape index (κ1) is 53.5. The highest BCUT2D eigenvalue weighted by Gasteiger charge is 2.22. The smallest absolute Gasteiger partial charge is 0.114 e. The molecule has 3 heteroatoms. The molecule has 17 aromatic rings. The second-order valence-electron chi connectivity index (χ2n) is 23.8. The molecule has 0 aliphatic carbocycles. The first-order chi connectivity index (χ1) is 45.1. The van der Waals surface area contributed by atoms with Gasteiger partial charge in [0, 0.05) is 29.3 Å². The van der Waals surface area contributed by atoms with Crippen molar-refractivity contribution in [2.24, 2.45) is 0 Å². The van der Waals surface area contributed by atoms with Crippen molar-refractivity contribution in [2.75, 3.05) is 0 Å². The lowest BCUT2D eigenvalue weighted by Crippen LogP contribution is -1.99. The number of rotatable bonds is 11. The summed E-state index contributed by atoms with van der Waals surface area (Å²) in [4.78, 5) is 10.2. The number of hydrogen-bond acceptors (Lipinski definition) is 2. The maximum absolute atomic E-state index is 5.21. The number of nitrogens with zero attached hydrogens (tertiary/aromatic N) is 3. The Bertz CT molecular complexity index is 5610. The Labute approximate surface area is 529 Å². The zero-order valence-corrected chi connectivity index (χ0v) is 50.2. The van der Waals surface area contributed by atoms with E-state index in [1.165, 1.54) is 126 Å².